The van der Waals surface area contributed by atoms with Crippen molar-refractivity contribution in [1.29, 1.82) is 0 Å². The molecular formula is C33H36N6O2. The fraction of sp³-hybridized carbons (Fsp3) is 0.333. The van der Waals surface area contributed by atoms with Crippen LogP contribution in [0.25, 0.3) is 22.0 Å². The van der Waals surface area contributed by atoms with Crippen LogP contribution < -0.4 is 10.2 Å². The summed E-state index contributed by atoms with van der Waals surface area (Å²) in [6, 6.07) is 26.5. The van der Waals surface area contributed by atoms with Gasteiger partial charge in [0.1, 0.15) is 5.82 Å². The van der Waals surface area contributed by atoms with Gasteiger partial charge in [0.05, 0.1) is 11.9 Å². The molecule has 6 rings (SSSR count). The van der Waals surface area contributed by atoms with Crippen LogP contribution in [0, 0.1) is 0 Å². The van der Waals surface area contributed by atoms with Gasteiger partial charge < -0.3 is 20.0 Å². The fourth-order valence-corrected chi connectivity index (χ4v) is 5.95. The number of hydrogen-bond donors (Lipinski definition) is 1. The largest absolute Gasteiger partial charge is 0.354 e. The SMILES string of the molecule is CC(=O)N1CCCN(c2nc(N[C@H]3CCN(C(=O)Cc4ccccc4-c4ccccc4)C3)nc3ccccc23)CC1. The van der Waals surface area contributed by atoms with Crippen molar-refractivity contribution in [3.05, 3.63) is 84.4 Å². The monoisotopic (exact) mass is 548 g/mol. The average Bonchev–Trinajstić information content (AvgIpc) is 3.32. The molecule has 0 radical (unpaired) electrons. The maximum Gasteiger partial charge on any atom is 0.227 e. The summed E-state index contributed by atoms with van der Waals surface area (Å²) in [6.45, 7) is 5.98. The van der Waals surface area contributed by atoms with E-state index in [4.69, 9.17) is 9.97 Å². The van der Waals surface area contributed by atoms with Crippen molar-refractivity contribution in [2.75, 3.05) is 49.5 Å². The number of para-hydroxylation sites is 1. The van der Waals surface area contributed by atoms with Crippen LogP contribution in [0.2, 0.25) is 0 Å². The zero-order chi connectivity index (χ0) is 28.2. The highest BCUT2D eigenvalue weighted by molar-refractivity contribution is 5.90. The topological polar surface area (TPSA) is 81.7 Å². The number of benzene rings is 3. The van der Waals surface area contributed by atoms with Crippen molar-refractivity contribution < 1.29 is 9.59 Å². The Hall–Kier alpha value is -4.46. The molecular weight excluding hydrogens is 512 g/mol. The first-order valence-corrected chi connectivity index (χ1v) is 14.5. The van der Waals surface area contributed by atoms with Gasteiger partial charge in [-0.2, -0.15) is 4.98 Å². The van der Waals surface area contributed by atoms with E-state index in [1.807, 2.05) is 58.3 Å². The number of anilines is 2. The highest BCUT2D eigenvalue weighted by atomic mass is 16.2. The number of rotatable bonds is 6. The van der Waals surface area contributed by atoms with Crippen LogP contribution in [0.5, 0.6) is 0 Å². The van der Waals surface area contributed by atoms with Gasteiger partial charge in [-0.25, -0.2) is 4.98 Å². The molecule has 3 heterocycles. The van der Waals surface area contributed by atoms with E-state index in [1.165, 1.54) is 0 Å². The van der Waals surface area contributed by atoms with Crippen LogP contribution in [0.1, 0.15) is 25.3 Å². The maximum absolute atomic E-state index is 13.4. The molecule has 8 heteroatoms. The Morgan fingerprint density at radius 3 is 2.46 bits per heavy atom. The fourth-order valence-electron chi connectivity index (χ4n) is 5.95. The second kappa shape index (κ2) is 12.0. The minimum absolute atomic E-state index is 0.0784. The van der Waals surface area contributed by atoms with Crippen molar-refractivity contribution >= 4 is 34.5 Å². The smallest absolute Gasteiger partial charge is 0.227 e. The molecule has 2 aliphatic heterocycles. The minimum Gasteiger partial charge on any atom is -0.354 e. The zero-order valence-corrected chi connectivity index (χ0v) is 23.5. The second-order valence-electron chi connectivity index (χ2n) is 10.9. The first-order chi connectivity index (χ1) is 20.0. The summed E-state index contributed by atoms with van der Waals surface area (Å²) in [5.41, 5.74) is 4.16. The predicted octanol–water partition coefficient (Wildman–Crippen LogP) is 4.61. The van der Waals surface area contributed by atoms with Gasteiger partial charge >= 0.3 is 0 Å². The van der Waals surface area contributed by atoms with Gasteiger partial charge in [0.15, 0.2) is 0 Å². The zero-order valence-electron chi connectivity index (χ0n) is 23.5. The third-order valence-corrected chi connectivity index (χ3v) is 8.14. The van der Waals surface area contributed by atoms with E-state index >= 15 is 0 Å². The van der Waals surface area contributed by atoms with E-state index in [2.05, 4.69) is 40.5 Å². The Morgan fingerprint density at radius 2 is 1.61 bits per heavy atom. The molecule has 0 aliphatic carbocycles. The number of carbonyl (C=O) groups is 2. The molecule has 1 aromatic heterocycles. The molecule has 1 atom stereocenters. The molecule has 2 aliphatic rings. The Balaban J connectivity index is 1.15. The van der Waals surface area contributed by atoms with Crippen molar-refractivity contribution in [1.82, 2.24) is 19.8 Å². The van der Waals surface area contributed by atoms with Crippen molar-refractivity contribution in [3.8, 4) is 11.1 Å². The molecule has 0 spiro atoms. The van der Waals surface area contributed by atoms with Gasteiger partial charge in [-0.05, 0) is 41.7 Å². The third-order valence-electron chi connectivity index (χ3n) is 8.14. The van der Waals surface area contributed by atoms with Crippen LogP contribution >= 0.6 is 0 Å². The molecule has 4 aromatic rings. The van der Waals surface area contributed by atoms with Gasteiger partial charge in [-0.1, -0.05) is 66.7 Å². The third kappa shape index (κ3) is 6.01. The summed E-state index contributed by atoms with van der Waals surface area (Å²) in [4.78, 5) is 41.3. The molecule has 1 N–H and O–H groups in total. The highest BCUT2D eigenvalue weighted by Crippen LogP contribution is 2.28. The van der Waals surface area contributed by atoms with Crippen LogP contribution in [0.15, 0.2) is 78.9 Å². The summed E-state index contributed by atoms with van der Waals surface area (Å²) < 4.78 is 0. The standard InChI is InChI=1S/C33H36N6O2/c1-24(40)37-17-9-18-38(21-20-37)32-29-14-7-8-15-30(29)35-33(36-32)34-27-16-19-39(23-27)31(41)22-26-12-5-6-13-28(26)25-10-3-2-4-11-25/h2-8,10-15,27H,9,16-23H2,1H3,(H,34,35,36)/t27-/m0/s1. The van der Waals surface area contributed by atoms with Crippen molar-refractivity contribution in [2.45, 2.75) is 32.2 Å². The lowest BCUT2D eigenvalue weighted by molar-refractivity contribution is -0.129. The molecule has 2 amide bonds. The summed E-state index contributed by atoms with van der Waals surface area (Å²) in [5.74, 6) is 1.73. The number of nitrogens with zero attached hydrogens (tertiary/aromatic N) is 5. The molecule has 0 bridgehead atoms. The molecule has 2 saturated heterocycles. The van der Waals surface area contributed by atoms with Crippen LogP contribution in [-0.2, 0) is 16.0 Å². The van der Waals surface area contributed by atoms with Crippen molar-refractivity contribution in [2.24, 2.45) is 0 Å². The molecule has 8 nitrogen and oxygen atoms in total. The van der Waals surface area contributed by atoms with Gasteiger partial charge in [-0.15, -0.1) is 0 Å². The molecule has 2 fully saturated rings. The van der Waals surface area contributed by atoms with E-state index in [0.717, 1.165) is 65.9 Å². The molecule has 0 saturated carbocycles. The number of aromatic nitrogens is 2. The normalized spacial score (nSPS) is 17.5. The summed E-state index contributed by atoms with van der Waals surface area (Å²) in [5, 5.41) is 4.54. The molecule has 3 aromatic carbocycles. The summed E-state index contributed by atoms with van der Waals surface area (Å²) in [7, 11) is 0. The van der Waals surface area contributed by atoms with Crippen LogP contribution in [0.4, 0.5) is 11.8 Å². The number of fused-ring (bicyclic) bond motifs is 1. The van der Waals surface area contributed by atoms with Gasteiger partial charge in [-0.3, -0.25) is 9.59 Å². The predicted molar refractivity (Wildman–Crippen MR) is 163 cm³/mol. The van der Waals surface area contributed by atoms with E-state index in [-0.39, 0.29) is 17.9 Å². The second-order valence-corrected chi connectivity index (χ2v) is 10.9. The quantitative estimate of drug-likeness (QED) is 0.379. The minimum atomic E-state index is 0.0784. The number of hydrogen-bond acceptors (Lipinski definition) is 6. The van der Waals surface area contributed by atoms with E-state index < -0.39 is 0 Å². The van der Waals surface area contributed by atoms with E-state index in [0.29, 0.717) is 32.0 Å². The highest BCUT2D eigenvalue weighted by Gasteiger charge is 2.28. The number of likely N-dealkylation sites (tertiary alicyclic amines) is 1. The Morgan fingerprint density at radius 1 is 0.829 bits per heavy atom. The first-order valence-electron chi connectivity index (χ1n) is 14.5. The molecule has 41 heavy (non-hydrogen) atoms. The molecule has 0 unspecified atom stereocenters. The number of amides is 2. The first kappa shape index (κ1) is 26.7. The Kier molecular flexibility index (Phi) is 7.80. The number of nitrogens with one attached hydrogen (secondary N) is 1. The Labute approximate surface area is 241 Å². The summed E-state index contributed by atoms with van der Waals surface area (Å²) >= 11 is 0. The average molecular weight is 549 g/mol. The van der Waals surface area contributed by atoms with Crippen molar-refractivity contribution in [3.63, 3.8) is 0 Å². The van der Waals surface area contributed by atoms with Crippen LogP contribution in [-0.4, -0.2) is 76.9 Å². The maximum atomic E-state index is 13.4. The van der Waals surface area contributed by atoms with Gasteiger partial charge in [0, 0.05) is 57.6 Å². The van der Waals surface area contributed by atoms with Gasteiger partial charge in [0.25, 0.3) is 0 Å². The molecule has 210 valence electrons. The van der Waals surface area contributed by atoms with Gasteiger partial charge in [0.2, 0.25) is 17.8 Å². The van der Waals surface area contributed by atoms with E-state index in [1.54, 1.807) is 6.92 Å². The Bertz CT molecular complexity index is 1540. The number of carbonyl (C=O) groups excluding carboxylic acids is 2. The van der Waals surface area contributed by atoms with Crippen LogP contribution in [0.3, 0.4) is 0 Å². The lowest BCUT2D eigenvalue weighted by Gasteiger charge is -2.24. The van der Waals surface area contributed by atoms with E-state index in [9.17, 15) is 9.59 Å². The lowest BCUT2D eigenvalue weighted by atomic mass is 9.97. The summed E-state index contributed by atoms with van der Waals surface area (Å²) in [6.07, 6.45) is 2.11. The lowest BCUT2D eigenvalue weighted by Crippen LogP contribution is -2.34.